The summed E-state index contributed by atoms with van der Waals surface area (Å²) in [7, 11) is 0. The Labute approximate surface area is 136 Å². The van der Waals surface area contributed by atoms with Crippen LogP contribution >= 0.6 is 0 Å². The van der Waals surface area contributed by atoms with E-state index in [1.54, 1.807) is 0 Å². The number of rotatable bonds is 1. The molecule has 0 unspecified atom stereocenters. The normalized spacial score (nSPS) is 79.9. The molecule has 1 saturated heterocycles. The minimum absolute atomic E-state index is 0.139. The van der Waals surface area contributed by atoms with Crippen LogP contribution in [0, 0.1) is 70.5 Å². The predicted octanol–water partition coefficient (Wildman–Crippen LogP) is 1.73. The maximum atomic E-state index is 12.7. The van der Waals surface area contributed by atoms with E-state index in [4.69, 9.17) is 4.74 Å². The van der Waals surface area contributed by atoms with E-state index in [2.05, 4.69) is 0 Å². The van der Waals surface area contributed by atoms with Crippen molar-refractivity contribution in [3.05, 3.63) is 0 Å². The predicted molar refractivity (Wildman–Crippen MR) is 80.0 cm³/mol. The van der Waals surface area contributed by atoms with E-state index < -0.39 is 0 Å². The molecule has 9 bridgehead atoms. The zero-order valence-electron chi connectivity index (χ0n) is 13.3. The third-order valence-electron chi connectivity index (χ3n) is 10.8. The summed E-state index contributed by atoms with van der Waals surface area (Å²) in [5.74, 6) is 7.76. The first-order chi connectivity index (χ1) is 11.3. The highest BCUT2D eigenvalue weighted by atomic mass is 16.5. The Morgan fingerprint density at radius 2 is 1.65 bits per heavy atom. The summed E-state index contributed by atoms with van der Waals surface area (Å²) in [4.78, 5) is 12.7. The van der Waals surface area contributed by atoms with E-state index in [1.807, 2.05) is 0 Å². The van der Waals surface area contributed by atoms with Crippen molar-refractivity contribution in [3.8, 4) is 0 Å². The van der Waals surface area contributed by atoms with Crippen LogP contribution in [0.25, 0.3) is 0 Å². The van der Waals surface area contributed by atoms with Crippen LogP contribution < -0.4 is 0 Å². The van der Waals surface area contributed by atoms with E-state index in [0.717, 1.165) is 41.9 Å². The van der Waals surface area contributed by atoms with Crippen molar-refractivity contribution in [1.82, 2.24) is 0 Å². The Morgan fingerprint density at radius 3 is 2.52 bits per heavy atom. The van der Waals surface area contributed by atoms with Crippen molar-refractivity contribution < 1.29 is 14.6 Å². The van der Waals surface area contributed by atoms with Gasteiger partial charge in [0.25, 0.3) is 0 Å². The topological polar surface area (TPSA) is 46.5 Å². The lowest BCUT2D eigenvalue weighted by Gasteiger charge is -2.54. The molecule has 1 heterocycles. The second-order valence-electron chi connectivity index (χ2n) is 10.4. The lowest BCUT2D eigenvalue weighted by molar-refractivity contribution is -0.206. The molecule has 0 aromatic heterocycles. The number of carbonyl (C=O) groups excluding carboxylic acids is 1. The first-order valence-corrected chi connectivity index (χ1v) is 10.1. The molecule has 15 atom stereocenters. The molecular formula is C20H24O3. The highest BCUT2D eigenvalue weighted by Gasteiger charge is 2.90. The number of hydrogen-bond acceptors (Lipinski definition) is 3. The molecule has 9 rings (SSSR count). The number of aliphatic hydroxyl groups excluding tert-OH is 1. The molecule has 0 aromatic carbocycles. The molecule has 3 heteroatoms. The van der Waals surface area contributed by atoms with Gasteiger partial charge in [0.1, 0.15) is 6.29 Å². The molecule has 1 N–H and O–H groups in total. The van der Waals surface area contributed by atoms with Crippen molar-refractivity contribution in [2.75, 3.05) is 0 Å². The van der Waals surface area contributed by atoms with Gasteiger partial charge in [0, 0.05) is 0 Å². The first-order valence-electron chi connectivity index (χ1n) is 10.1. The quantitative estimate of drug-likeness (QED) is 0.750. The molecule has 3 nitrogen and oxygen atoms in total. The number of ether oxygens (including phenoxy) is 1. The summed E-state index contributed by atoms with van der Waals surface area (Å²) in [5.41, 5.74) is -0.202. The fraction of sp³-hybridized carbons (Fsp3) is 0.950. The Balaban J connectivity index is 1.45. The van der Waals surface area contributed by atoms with Crippen LogP contribution in [0.1, 0.15) is 25.7 Å². The van der Waals surface area contributed by atoms with E-state index in [1.165, 1.54) is 25.5 Å². The molecule has 23 heavy (non-hydrogen) atoms. The van der Waals surface area contributed by atoms with E-state index in [9.17, 15) is 9.90 Å². The number of carbonyl (C=O) groups is 1. The highest BCUT2D eigenvalue weighted by molar-refractivity contribution is 5.67. The second-order valence-corrected chi connectivity index (χ2v) is 10.4. The molecule has 0 aromatic rings. The van der Waals surface area contributed by atoms with Crippen LogP contribution in [0.15, 0.2) is 0 Å². The number of hydrogen-bond donors (Lipinski definition) is 1. The van der Waals surface area contributed by atoms with Gasteiger partial charge in [-0.15, -0.1) is 0 Å². The molecule has 0 amide bonds. The van der Waals surface area contributed by atoms with Crippen molar-refractivity contribution >= 4 is 6.29 Å². The molecule has 0 radical (unpaired) electrons. The van der Waals surface area contributed by atoms with E-state index in [0.29, 0.717) is 35.7 Å². The monoisotopic (exact) mass is 312 g/mol. The lowest BCUT2D eigenvalue weighted by atomic mass is 9.55. The van der Waals surface area contributed by atoms with Crippen molar-refractivity contribution in [2.45, 2.75) is 44.0 Å². The minimum Gasteiger partial charge on any atom is -0.393 e. The Kier molecular flexibility index (Phi) is 1.67. The Morgan fingerprint density at radius 1 is 0.826 bits per heavy atom. The summed E-state index contributed by atoms with van der Waals surface area (Å²) in [5, 5.41) is 10.7. The van der Waals surface area contributed by atoms with Crippen LogP contribution in [0.2, 0.25) is 0 Å². The molecule has 9 aliphatic rings. The summed E-state index contributed by atoms with van der Waals surface area (Å²) in [6, 6.07) is 0. The van der Waals surface area contributed by atoms with Crippen LogP contribution in [-0.4, -0.2) is 29.7 Å². The summed E-state index contributed by atoms with van der Waals surface area (Å²) in [6.07, 6.45) is 6.70. The van der Waals surface area contributed by atoms with Gasteiger partial charge in [-0.1, -0.05) is 0 Å². The van der Waals surface area contributed by atoms with Gasteiger partial charge in [-0.05, 0) is 90.8 Å². The van der Waals surface area contributed by atoms with Crippen LogP contribution in [0.5, 0.6) is 0 Å². The van der Waals surface area contributed by atoms with Gasteiger partial charge in [0.05, 0.1) is 23.7 Å². The van der Waals surface area contributed by atoms with Gasteiger partial charge in [-0.25, -0.2) is 0 Å². The van der Waals surface area contributed by atoms with Gasteiger partial charge in [0.15, 0.2) is 0 Å². The third kappa shape index (κ3) is 0.852. The number of fused-ring (bicyclic) bond motifs is 1. The smallest absolute Gasteiger partial charge is 0.129 e. The fourth-order valence-corrected chi connectivity index (χ4v) is 11.3. The molecule has 0 spiro atoms. The highest BCUT2D eigenvalue weighted by Crippen LogP contribution is 2.89. The second kappa shape index (κ2) is 3.19. The van der Waals surface area contributed by atoms with Crippen molar-refractivity contribution in [2.24, 2.45) is 70.5 Å². The average Bonchev–Trinajstić information content (AvgIpc) is 3.27. The fourth-order valence-electron chi connectivity index (χ4n) is 11.3. The maximum Gasteiger partial charge on any atom is 0.129 e. The Bertz CT molecular complexity index is 661. The zero-order chi connectivity index (χ0) is 14.8. The zero-order valence-corrected chi connectivity index (χ0v) is 13.3. The number of aliphatic hydroxyl groups is 1. The molecule has 122 valence electrons. The standard InChI is InChI=1S/C20H24O3/c21-5-20-17-7-2-4-9-11(7)13-15(17)14-12(16(13)19(20)23-9)6-1-3-8(22)10(6)18(14)20/h5-19,22H,1-4H2/t6-,7-,8+,9-,10-,11+,12+,13-,14-,15+,16-,17+,18+,19+,20+/m1/s1. The van der Waals surface area contributed by atoms with Crippen LogP contribution in [-0.2, 0) is 9.53 Å². The van der Waals surface area contributed by atoms with E-state index >= 15 is 0 Å². The third-order valence-corrected chi connectivity index (χ3v) is 10.8. The van der Waals surface area contributed by atoms with Gasteiger partial charge in [0.2, 0.25) is 0 Å². The van der Waals surface area contributed by atoms with Gasteiger partial charge >= 0.3 is 0 Å². The van der Waals surface area contributed by atoms with Gasteiger partial charge in [-0.3, -0.25) is 0 Å². The average molecular weight is 312 g/mol. The lowest BCUT2D eigenvalue weighted by Crippen LogP contribution is -2.59. The molecule has 9 fully saturated rings. The summed E-state index contributed by atoms with van der Waals surface area (Å²) >= 11 is 0. The maximum absolute atomic E-state index is 12.7. The SMILES string of the molecule is O=C[C@@]12[C@@H]3[C@@H]4[C@H]([C@@H]5CC[C@H](O)[C@@H]53)[C@@H]3[C@H]5[C@@H]4[C@@H]1[C@@H]1CC[C@@H](O[C@@H]32)[C@H]15. The van der Waals surface area contributed by atoms with Gasteiger partial charge in [-0.2, -0.15) is 0 Å². The molecular weight excluding hydrogens is 288 g/mol. The summed E-state index contributed by atoms with van der Waals surface area (Å²) in [6.45, 7) is 0. The van der Waals surface area contributed by atoms with Crippen molar-refractivity contribution in [3.63, 3.8) is 0 Å². The molecule has 8 aliphatic carbocycles. The molecule has 1 aliphatic heterocycles. The minimum atomic E-state index is -0.202. The Hall–Kier alpha value is -0.410. The van der Waals surface area contributed by atoms with E-state index in [-0.39, 0.29) is 17.6 Å². The summed E-state index contributed by atoms with van der Waals surface area (Å²) < 4.78 is 6.75. The van der Waals surface area contributed by atoms with Crippen molar-refractivity contribution in [1.29, 1.82) is 0 Å². The first kappa shape index (κ1) is 12.0. The van der Waals surface area contributed by atoms with Crippen LogP contribution in [0.3, 0.4) is 0 Å². The largest absolute Gasteiger partial charge is 0.393 e. The number of aldehydes is 1. The van der Waals surface area contributed by atoms with Gasteiger partial charge < -0.3 is 14.6 Å². The van der Waals surface area contributed by atoms with Crippen LogP contribution in [0.4, 0.5) is 0 Å². The molecule has 8 saturated carbocycles.